The molecule has 2 heterocycles. The highest BCUT2D eigenvalue weighted by Crippen LogP contribution is 2.30. The van der Waals surface area contributed by atoms with Crippen molar-refractivity contribution in [2.75, 3.05) is 5.75 Å². The van der Waals surface area contributed by atoms with Crippen molar-refractivity contribution in [3.05, 3.63) is 16.3 Å². The first-order chi connectivity index (χ1) is 11.0. The molecule has 3 rings (SSSR count). The number of unbranched alkanes of at least 4 members (excludes halogenated alkanes) is 1. The van der Waals surface area contributed by atoms with E-state index in [0.29, 0.717) is 38.1 Å². The predicted molar refractivity (Wildman–Crippen MR) is 87.8 cm³/mol. The molecule has 1 fully saturated rings. The van der Waals surface area contributed by atoms with Crippen molar-refractivity contribution in [2.24, 2.45) is 5.92 Å². The Hall–Kier alpha value is -1.15. The second-order valence-electron chi connectivity index (χ2n) is 6.79. The molecule has 1 aromatic rings. The Labute approximate surface area is 137 Å². The molecule has 1 N–H and O–H groups in total. The maximum Gasteiger partial charge on any atom is 0.345 e. The minimum atomic E-state index is -3.22. The fourth-order valence-corrected chi connectivity index (χ4v) is 4.59. The first-order valence-electron chi connectivity index (χ1n) is 8.65. The number of sulfonamides is 1. The zero-order valence-corrected chi connectivity index (χ0v) is 14.5. The molecule has 1 saturated carbocycles. The molecular formula is C15H26N4O3S. The minimum Gasteiger partial charge on any atom is -0.279 e. The number of nitrogens with zero attached hydrogens (tertiary/aromatic N) is 3. The second-order valence-corrected chi connectivity index (χ2v) is 8.66. The van der Waals surface area contributed by atoms with E-state index < -0.39 is 10.0 Å². The van der Waals surface area contributed by atoms with E-state index in [9.17, 15) is 13.2 Å². The van der Waals surface area contributed by atoms with Crippen LogP contribution in [0.2, 0.25) is 0 Å². The average molecular weight is 342 g/mol. The molecule has 0 amide bonds. The van der Waals surface area contributed by atoms with Gasteiger partial charge in [-0.05, 0) is 38.0 Å². The van der Waals surface area contributed by atoms with Gasteiger partial charge >= 0.3 is 5.69 Å². The van der Waals surface area contributed by atoms with Crippen molar-refractivity contribution in [3.63, 3.8) is 0 Å². The Morgan fingerprint density at radius 2 is 2.04 bits per heavy atom. The van der Waals surface area contributed by atoms with Gasteiger partial charge in [0.1, 0.15) is 5.82 Å². The fourth-order valence-electron chi connectivity index (χ4n) is 3.06. The number of rotatable bonds is 7. The molecular weight excluding hydrogens is 316 g/mol. The molecule has 2 aliphatic rings. The van der Waals surface area contributed by atoms with Gasteiger partial charge < -0.3 is 0 Å². The van der Waals surface area contributed by atoms with Crippen LogP contribution >= 0.6 is 0 Å². The number of nitrogens with one attached hydrogen (secondary N) is 1. The summed E-state index contributed by atoms with van der Waals surface area (Å²) in [6.45, 7) is 3.25. The van der Waals surface area contributed by atoms with Crippen molar-refractivity contribution in [1.29, 1.82) is 0 Å². The zero-order valence-electron chi connectivity index (χ0n) is 13.7. The van der Waals surface area contributed by atoms with Gasteiger partial charge in [0.15, 0.2) is 0 Å². The molecule has 1 aliphatic heterocycles. The lowest BCUT2D eigenvalue weighted by Crippen LogP contribution is -2.37. The highest BCUT2D eigenvalue weighted by Gasteiger charge is 2.27. The van der Waals surface area contributed by atoms with Crippen molar-refractivity contribution in [2.45, 2.75) is 71.0 Å². The first-order valence-corrected chi connectivity index (χ1v) is 10.3. The molecule has 0 bridgehead atoms. The van der Waals surface area contributed by atoms with Crippen molar-refractivity contribution >= 4 is 10.0 Å². The van der Waals surface area contributed by atoms with Gasteiger partial charge in [-0.25, -0.2) is 22.6 Å². The van der Waals surface area contributed by atoms with Crippen molar-refractivity contribution < 1.29 is 8.42 Å². The van der Waals surface area contributed by atoms with Crippen molar-refractivity contribution in [3.8, 4) is 0 Å². The van der Waals surface area contributed by atoms with Crippen LogP contribution in [0.1, 0.15) is 51.3 Å². The van der Waals surface area contributed by atoms with E-state index in [2.05, 4.69) is 9.82 Å². The summed E-state index contributed by atoms with van der Waals surface area (Å²) in [6.07, 6.45) is 5.91. The van der Waals surface area contributed by atoms with E-state index in [0.717, 1.165) is 18.8 Å². The van der Waals surface area contributed by atoms with Crippen LogP contribution in [0.25, 0.3) is 0 Å². The van der Waals surface area contributed by atoms with Gasteiger partial charge in [-0.2, -0.15) is 5.10 Å². The smallest absolute Gasteiger partial charge is 0.279 e. The van der Waals surface area contributed by atoms with Gasteiger partial charge in [0.2, 0.25) is 10.0 Å². The van der Waals surface area contributed by atoms with E-state index >= 15 is 0 Å². The molecule has 1 aliphatic carbocycles. The van der Waals surface area contributed by atoms with Gasteiger partial charge in [0, 0.05) is 25.6 Å². The molecule has 1 atom stereocenters. The van der Waals surface area contributed by atoms with Gasteiger partial charge in [0.05, 0.1) is 5.75 Å². The molecule has 0 aromatic carbocycles. The molecule has 1 unspecified atom stereocenters. The second kappa shape index (κ2) is 6.76. The Morgan fingerprint density at radius 3 is 2.74 bits per heavy atom. The van der Waals surface area contributed by atoms with Gasteiger partial charge in [-0.1, -0.05) is 13.3 Å². The van der Waals surface area contributed by atoms with Gasteiger partial charge in [-0.15, -0.1) is 0 Å². The largest absolute Gasteiger partial charge is 0.345 e. The Kier molecular flexibility index (Phi) is 4.91. The molecule has 1 aromatic heterocycles. The summed E-state index contributed by atoms with van der Waals surface area (Å²) in [5.41, 5.74) is -0.0404. The third-order valence-electron chi connectivity index (χ3n) is 4.66. The molecule has 0 saturated heterocycles. The third kappa shape index (κ3) is 4.23. The normalized spacial score (nSPS) is 21.9. The number of fused-ring (bicyclic) bond motifs is 1. The van der Waals surface area contributed by atoms with E-state index in [-0.39, 0.29) is 17.5 Å². The zero-order chi connectivity index (χ0) is 16.4. The molecule has 8 heteroatoms. The van der Waals surface area contributed by atoms with Crippen LogP contribution in [0, 0.1) is 5.92 Å². The van der Waals surface area contributed by atoms with Crippen LogP contribution in [0.5, 0.6) is 0 Å². The first kappa shape index (κ1) is 16.7. The monoisotopic (exact) mass is 342 g/mol. The summed E-state index contributed by atoms with van der Waals surface area (Å²) >= 11 is 0. The molecule has 130 valence electrons. The standard InChI is InChI=1S/C15H26N4O3S/c1-2-3-10-23(21,22)17-13-6-7-14-16-19(11-12-4-5-12)15(20)18(14)9-8-13/h12-13,17H,2-11H2,1H3. The van der Waals surface area contributed by atoms with Crippen LogP contribution in [0.15, 0.2) is 4.79 Å². The fraction of sp³-hybridized carbons (Fsp3) is 0.867. The van der Waals surface area contributed by atoms with E-state index in [4.69, 9.17) is 0 Å². The summed E-state index contributed by atoms with van der Waals surface area (Å²) in [5, 5.41) is 4.46. The van der Waals surface area contributed by atoms with Crippen LogP contribution in [-0.4, -0.2) is 34.6 Å². The molecule has 7 nitrogen and oxygen atoms in total. The molecule has 23 heavy (non-hydrogen) atoms. The lowest BCUT2D eigenvalue weighted by molar-refractivity contribution is 0.478. The highest BCUT2D eigenvalue weighted by molar-refractivity contribution is 7.89. The maximum absolute atomic E-state index is 12.4. The van der Waals surface area contributed by atoms with Crippen molar-refractivity contribution in [1.82, 2.24) is 19.1 Å². The lowest BCUT2D eigenvalue weighted by Gasteiger charge is -2.16. The van der Waals surface area contributed by atoms with E-state index in [1.165, 1.54) is 12.8 Å². The Bertz CT molecular complexity index is 703. The van der Waals surface area contributed by atoms with E-state index in [1.54, 1.807) is 9.25 Å². The molecule has 0 radical (unpaired) electrons. The summed E-state index contributed by atoms with van der Waals surface area (Å²) in [5.74, 6) is 1.59. The number of hydrogen-bond donors (Lipinski definition) is 1. The number of aryl methyl sites for hydroxylation is 1. The summed E-state index contributed by atoms with van der Waals surface area (Å²) in [7, 11) is -3.22. The SMILES string of the molecule is CCCCS(=O)(=O)NC1CCc2nn(CC3CC3)c(=O)n2CC1. The quantitative estimate of drug-likeness (QED) is 0.797. The van der Waals surface area contributed by atoms with Gasteiger partial charge in [0.25, 0.3) is 0 Å². The van der Waals surface area contributed by atoms with Gasteiger partial charge in [-0.3, -0.25) is 4.57 Å². The molecule has 0 spiro atoms. The summed E-state index contributed by atoms with van der Waals surface area (Å²) in [6, 6.07) is -0.102. The van der Waals surface area contributed by atoms with Crippen LogP contribution in [0.4, 0.5) is 0 Å². The lowest BCUT2D eigenvalue weighted by atomic mass is 10.1. The predicted octanol–water partition coefficient (Wildman–Crippen LogP) is 0.879. The van der Waals surface area contributed by atoms with Crippen LogP contribution < -0.4 is 10.4 Å². The Morgan fingerprint density at radius 1 is 1.26 bits per heavy atom. The average Bonchev–Trinajstić information content (AvgIpc) is 3.28. The number of hydrogen-bond acceptors (Lipinski definition) is 4. The summed E-state index contributed by atoms with van der Waals surface area (Å²) < 4.78 is 30.2. The van der Waals surface area contributed by atoms with Crippen LogP contribution in [0.3, 0.4) is 0 Å². The topological polar surface area (TPSA) is 86.0 Å². The Balaban J connectivity index is 1.63. The minimum absolute atomic E-state index is 0.0404. The number of aromatic nitrogens is 3. The summed E-state index contributed by atoms with van der Waals surface area (Å²) in [4.78, 5) is 12.4. The highest BCUT2D eigenvalue weighted by atomic mass is 32.2. The van der Waals surface area contributed by atoms with E-state index in [1.807, 2.05) is 6.92 Å². The third-order valence-corrected chi connectivity index (χ3v) is 6.18. The maximum atomic E-state index is 12.4. The van der Waals surface area contributed by atoms with Crippen LogP contribution in [-0.2, 0) is 29.5 Å².